The van der Waals surface area contributed by atoms with Gasteiger partial charge in [-0.2, -0.15) is 0 Å². The molecule has 0 radical (unpaired) electrons. The highest BCUT2D eigenvalue weighted by Crippen LogP contribution is 2.23. The lowest BCUT2D eigenvalue weighted by atomic mass is 10.2. The fourth-order valence-corrected chi connectivity index (χ4v) is 2.06. The minimum atomic E-state index is -0.0963. The summed E-state index contributed by atoms with van der Waals surface area (Å²) in [7, 11) is 1.61. The van der Waals surface area contributed by atoms with Crippen molar-refractivity contribution >= 4 is 34.8 Å². The van der Waals surface area contributed by atoms with Gasteiger partial charge in [0.1, 0.15) is 0 Å². The van der Waals surface area contributed by atoms with Crippen LogP contribution in [0.15, 0.2) is 42.5 Å². The maximum absolute atomic E-state index is 11.4. The number of halogens is 2. The molecule has 0 aromatic heterocycles. The largest absolute Gasteiger partial charge is 0.381 e. The summed E-state index contributed by atoms with van der Waals surface area (Å²) < 4.78 is 0. The Kier molecular flexibility index (Phi) is 4.88. The van der Waals surface area contributed by atoms with E-state index in [9.17, 15) is 4.79 Å². The third-order valence-electron chi connectivity index (χ3n) is 2.85. The second kappa shape index (κ2) is 6.64. The van der Waals surface area contributed by atoms with E-state index in [1.807, 2.05) is 24.3 Å². The molecule has 0 heterocycles. The fourth-order valence-electron chi connectivity index (χ4n) is 1.74. The smallest absolute Gasteiger partial charge is 0.251 e. The second-order valence-electron chi connectivity index (χ2n) is 4.26. The first-order valence-electron chi connectivity index (χ1n) is 6.10. The van der Waals surface area contributed by atoms with Crippen molar-refractivity contribution in [3.05, 3.63) is 63.6 Å². The van der Waals surface area contributed by atoms with Crippen molar-refractivity contribution in [3.63, 3.8) is 0 Å². The fraction of sp³-hybridized carbons (Fsp3) is 0.133. The van der Waals surface area contributed by atoms with E-state index < -0.39 is 0 Å². The van der Waals surface area contributed by atoms with Gasteiger partial charge in [0, 0.05) is 24.8 Å². The number of anilines is 1. The summed E-state index contributed by atoms with van der Waals surface area (Å²) >= 11 is 11.8. The first-order chi connectivity index (χ1) is 9.60. The van der Waals surface area contributed by atoms with Gasteiger partial charge in [-0.15, -0.1) is 0 Å². The lowest BCUT2D eigenvalue weighted by molar-refractivity contribution is 0.0963. The maximum atomic E-state index is 11.4. The highest BCUT2D eigenvalue weighted by molar-refractivity contribution is 6.42. The molecule has 2 N–H and O–H groups in total. The third kappa shape index (κ3) is 3.65. The Morgan fingerprint density at radius 3 is 2.35 bits per heavy atom. The Hall–Kier alpha value is -1.71. The highest BCUT2D eigenvalue weighted by Gasteiger charge is 2.03. The molecule has 0 unspecified atom stereocenters. The first-order valence-corrected chi connectivity index (χ1v) is 6.85. The van der Waals surface area contributed by atoms with Crippen LogP contribution in [0.2, 0.25) is 10.0 Å². The summed E-state index contributed by atoms with van der Waals surface area (Å²) in [6.07, 6.45) is 0. The molecule has 2 rings (SSSR count). The summed E-state index contributed by atoms with van der Waals surface area (Å²) in [5, 5.41) is 6.93. The van der Waals surface area contributed by atoms with E-state index in [4.69, 9.17) is 23.2 Å². The van der Waals surface area contributed by atoms with Gasteiger partial charge in [0.05, 0.1) is 10.0 Å². The Balaban J connectivity index is 2.00. The second-order valence-corrected chi connectivity index (χ2v) is 5.07. The molecule has 5 heteroatoms. The summed E-state index contributed by atoms with van der Waals surface area (Å²) in [5.74, 6) is -0.0963. The summed E-state index contributed by atoms with van der Waals surface area (Å²) in [5.41, 5.74) is 2.60. The minimum Gasteiger partial charge on any atom is -0.381 e. The predicted molar refractivity (Wildman–Crippen MR) is 83.6 cm³/mol. The molecular formula is C15H14Cl2N2O. The SMILES string of the molecule is CNC(=O)c1ccc(NCc2ccc(Cl)c(Cl)c2)cc1. The molecule has 2 aromatic rings. The summed E-state index contributed by atoms with van der Waals surface area (Å²) in [6.45, 7) is 0.635. The van der Waals surface area contributed by atoms with Crippen LogP contribution in [0.3, 0.4) is 0 Å². The van der Waals surface area contributed by atoms with Crippen molar-refractivity contribution in [2.75, 3.05) is 12.4 Å². The predicted octanol–water partition coefficient (Wildman–Crippen LogP) is 3.97. The van der Waals surface area contributed by atoms with Crippen molar-refractivity contribution in [3.8, 4) is 0 Å². The number of carbonyl (C=O) groups is 1. The van der Waals surface area contributed by atoms with Crippen molar-refractivity contribution in [2.24, 2.45) is 0 Å². The van der Waals surface area contributed by atoms with Gasteiger partial charge in [-0.1, -0.05) is 29.3 Å². The van der Waals surface area contributed by atoms with E-state index in [1.165, 1.54) is 0 Å². The Bertz CT molecular complexity index is 612. The number of hydrogen-bond donors (Lipinski definition) is 2. The van der Waals surface area contributed by atoms with Crippen LogP contribution >= 0.6 is 23.2 Å². The van der Waals surface area contributed by atoms with Crippen LogP contribution in [0, 0.1) is 0 Å². The topological polar surface area (TPSA) is 41.1 Å². The molecule has 0 aliphatic heterocycles. The van der Waals surface area contributed by atoms with E-state index in [0.717, 1.165) is 11.3 Å². The summed E-state index contributed by atoms with van der Waals surface area (Å²) in [4.78, 5) is 11.4. The Morgan fingerprint density at radius 1 is 1.05 bits per heavy atom. The molecule has 0 aliphatic rings. The van der Waals surface area contributed by atoms with Crippen molar-refractivity contribution < 1.29 is 4.79 Å². The van der Waals surface area contributed by atoms with Gasteiger partial charge < -0.3 is 10.6 Å². The van der Waals surface area contributed by atoms with Gasteiger partial charge in [0.25, 0.3) is 5.91 Å². The zero-order valence-electron chi connectivity index (χ0n) is 10.9. The monoisotopic (exact) mass is 308 g/mol. The lowest BCUT2D eigenvalue weighted by Crippen LogP contribution is -2.17. The number of hydrogen-bond acceptors (Lipinski definition) is 2. The Labute approximate surface area is 127 Å². The number of nitrogens with one attached hydrogen (secondary N) is 2. The standard InChI is InChI=1S/C15H14Cl2N2O/c1-18-15(20)11-3-5-12(6-4-11)19-9-10-2-7-13(16)14(17)8-10/h2-8,19H,9H2,1H3,(H,18,20). The van der Waals surface area contributed by atoms with E-state index in [0.29, 0.717) is 22.2 Å². The Morgan fingerprint density at radius 2 is 1.75 bits per heavy atom. The molecule has 0 atom stereocenters. The number of amides is 1. The molecule has 0 saturated carbocycles. The lowest BCUT2D eigenvalue weighted by Gasteiger charge is -2.08. The van der Waals surface area contributed by atoms with Gasteiger partial charge in [-0.3, -0.25) is 4.79 Å². The van der Waals surface area contributed by atoms with Crippen LogP contribution in [0.5, 0.6) is 0 Å². The molecule has 0 fully saturated rings. The number of carbonyl (C=O) groups excluding carboxylic acids is 1. The van der Waals surface area contributed by atoms with Crippen LogP contribution < -0.4 is 10.6 Å². The van der Waals surface area contributed by atoms with Crippen LogP contribution in [-0.2, 0) is 6.54 Å². The molecule has 0 spiro atoms. The average Bonchev–Trinajstić information content (AvgIpc) is 2.48. The molecule has 1 amide bonds. The number of rotatable bonds is 4. The first kappa shape index (κ1) is 14.7. The van der Waals surface area contributed by atoms with E-state index in [2.05, 4.69) is 10.6 Å². The average molecular weight is 309 g/mol. The van der Waals surface area contributed by atoms with Crippen molar-refractivity contribution in [2.45, 2.75) is 6.54 Å². The van der Waals surface area contributed by atoms with Crippen molar-refractivity contribution in [1.82, 2.24) is 5.32 Å². The quantitative estimate of drug-likeness (QED) is 0.897. The van der Waals surface area contributed by atoms with Gasteiger partial charge in [-0.25, -0.2) is 0 Å². The molecule has 3 nitrogen and oxygen atoms in total. The van der Waals surface area contributed by atoms with Crippen LogP contribution in [0.25, 0.3) is 0 Å². The maximum Gasteiger partial charge on any atom is 0.251 e. The number of benzene rings is 2. The normalized spacial score (nSPS) is 10.2. The minimum absolute atomic E-state index is 0.0963. The van der Waals surface area contributed by atoms with Gasteiger partial charge in [-0.05, 0) is 42.0 Å². The molecular weight excluding hydrogens is 295 g/mol. The van der Waals surface area contributed by atoms with Gasteiger partial charge >= 0.3 is 0 Å². The molecule has 0 saturated heterocycles. The molecule has 104 valence electrons. The molecule has 0 bridgehead atoms. The molecule has 0 aliphatic carbocycles. The van der Waals surface area contributed by atoms with Gasteiger partial charge in [0.2, 0.25) is 0 Å². The van der Waals surface area contributed by atoms with Crippen LogP contribution in [0.4, 0.5) is 5.69 Å². The van der Waals surface area contributed by atoms with E-state index in [-0.39, 0.29) is 5.91 Å². The highest BCUT2D eigenvalue weighted by atomic mass is 35.5. The van der Waals surface area contributed by atoms with Crippen LogP contribution in [0.1, 0.15) is 15.9 Å². The zero-order chi connectivity index (χ0) is 14.5. The molecule has 20 heavy (non-hydrogen) atoms. The van der Waals surface area contributed by atoms with Crippen molar-refractivity contribution in [1.29, 1.82) is 0 Å². The van der Waals surface area contributed by atoms with Crippen LogP contribution in [-0.4, -0.2) is 13.0 Å². The zero-order valence-corrected chi connectivity index (χ0v) is 12.4. The van der Waals surface area contributed by atoms with Gasteiger partial charge in [0.15, 0.2) is 0 Å². The van der Waals surface area contributed by atoms with E-state index >= 15 is 0 Å². The third-order valence-corrected chi connectivity index (χ3v) is 3.59. The molecule has 2 aromatic carbocycles. The summed E-state index contributed by atoms with van der Waals surface area (Å²) in [6, 6.07) is 12.8. The van der Waals surface area contributed by atoms with E-state index in [1.54, 1.807) is 25.2 Å².